The Kier molecular flexibility index (Phi) is 4.41. The van der Waals surface area contributed by atoms with Gasteiger partial charge in [0.2, 0.25) is 11.0 Å². The third-order valence-corrected chi connectivity index (χ3v) is 8.42. The van der Waals surface area contributed by atoms with Gasteiger partial charge in [0.1, 0.15) is 0 Å². The number of benzene rings is 5. The molecular formula is C36H24N4+2. The van der Waals surface area contributed by atoms with Gasteiger partial charge in [0.25, 0.3) is 0 Å². The lowest BCUT2D eigenvalue weighted by molar-refractivity contribution is -0.661. The average molecular weight is 513 g/mol. The van der Waals surface area contributed by atoms with Gasteiger partial charge in [-0.3, -0.25) is 9.97 Å². The fourth-order valence-electron chi connectivity index (χ4n) is 6.60. The van der Waals surface area contributed by atoms with Crippen LogP contribution in [0.25, 0.3) is 65.2 Å². The lowest BCUT2D eigenvalue weighted by atomic mass is 10.0. The van der Waals surface area contributed by atoms with Crippen LogP contribution in [0.1, 0.15) is 11.1 Å². The van der Waals surface area contributed by atoms with Crippen molar-refractivity contribution in [1.82, 2.24) is 9.97 Å². The predicted octanol–water partition coefficient (Wildman–Crippen LogP) is 6.94. The highest BCUT2D eigenvalue weighted by molar-refractivity contribution is 6.20. The quantitative estimate of drug-likeness (QED) is 0.189. The fraction of sp³-hybridized carbons (Fsp3) is 0.0556. The van der Waals surface area contributed by atoms with E-state index in [9.17, 15) is 0 Å². The molecule has 0 saturated heterocycles. The molecule has 9 aromatic rings. The molecule has 0 saturated carbocycles. The number of rotatable bonds is 4. The molecule has 9 rings (SSSR count). The molecule has 0 atom stereocenters. The van der Waals surface area contributed by atoms with Gasteiger partial charge in [0.05, 0.1) is 21.8 Å². The summed E-state index contributed by atoms with van der Waals surface area (Å²) in [6.45, 7) is 1.63. The van der Waals surface area contributed by atoms with Crippen LogP contribution in [0.3, 0.4) is 0 Å². The molecule has 0 radical (unpaired) electrons. The van der Waals surface area contributed by atoms with Crippen LogP contribution >= 0.6 is 0 Å². The monoisotopic (exact) mass is 512 g/mol. The molecule has 0 aliphatic heterocycles. The van der Waals surface area contributed by atoms with E-state index in [1.54, 1.807) is 0 Å². The van der Waals surface area contributed by atoms with E-state index < -0.39 is 0 Å². The van der Waals surface area contributed by atoms with E-state index in [1.807, 2.05) is 12.4 Å². The van der Waals surface area contributed by atoms with Crippen molar-refractivity contribution in [2.45, 2.75) is 13.1 Å². The molecule has 4 nitrogen and oxygen atoms in total. The number of aromatic nitrogens is 4. The minimum Gasteiger partial charge on any atom is -0.256 e. The van der Waals surface area contributed by atoms with Gasteiger partial charge in [0.15, 0.2) is 25.5 Å². The molecule has 0 bridgehead atoms. The first-order valence-corrected chi connectivity index (χ1v) is 13.7. The van der Waals surface area contributed by atoms with Crippen molar-refractivity contribution >= 4 is 65.2 Å². The zero-order valence-electron chi connectivity index (χ0n) is 21.8. The molecular weight excluding hydrogens is 488 g/mol. The Morgan fingerprint density at radius 1 is 0.425 bits per heavy atom. The third kappa shape index (κ3) is 3.13. The molecule has 5 aromatic carbocycles. The lowest BCUT2D eigenvalue weighted by Gasteiger charge is -2.10. The molecule has 0 spiro atoms. The van der Waals surface area contributed by atoms with Gasteiger partial charge in [-0.15, -0.1) is 0 Å². The minimum atomic E-state index is 0.815. The Bertz CT molecular complexity index is 2200. The molecule has 4 heterocycles. The number of nitrogens with zero attached hydrogens (tertiary/aromatic N) is 4. The second kappa shape index (κ2) is 8.14. The predicted molar refractivity (Wildman–Crippen MR) is 161 cm³/mol. The highest BCUT2D eigenvalue weighted by Crippen LogP contribution is 2.32. The Hall–Kier alpha value is -5.22. The first-order valence-electron chi connectivity index (χ1n) is 13.7. The molecule has 4 aromatic heterocycles. The summed E-state index contributed by atoms with van der Waals surface area (Å²) in [4.78, 5) is 9.40. The normalized spacial score (nSPS) is 12.2. The van der Waals surface area contributed by atoms with Crippen LogP contribution in [-0.4, -0.2) is 9.97 Å². The van der Waals surface area contributed by atoms with Gasteiger partial charge in [-0.1, -0.05) is 60.7 Å². The van der Waals surface area contributed by atoms with Crippen molar-refractivity contribution in [2.75, 3.05) is 0 Å². The Labute approximate surface area is 230 Å². The summed E-state index contributed by atoms with van der Waals surface area (Å²) in [5.41, 5.74) is 7.16. The molecule has 0 aliphatic rings. The van der Waals surface area contributed by atoms with Crippen LogP contribution in [0.2, 0.25) is 0 Å². The molecule has 40 heavy (non-hydrogen) atoms. The summed E-state index contributed by atoms with van der Waals surface area (Å²) in [7, 11) is 0. The summed E-state index contributed by atoms with van der Waals surface area (Å²) in [6, 6.07) is 34.9. The first kappa shape index (κ1) is 21.7. The van der Waals surface area contributed by atoms with Crippen molar-refractivity contribution in [3.8, 4) is 0 Å². The van der Waals surface area contributed by atoms with Gasteiger partial charge in [-0.2, -0.15) is 9.13 Å². The number of pyridine rings is 4. The largest absolute Gasteiger partial charge is 0.256 e. The van der Waals surface area contributed by atoms with Crippen molar-refractivity contribution in [3.63, 3.8) is 0 Å². The van der Waals surface area contributed by atoms with Crippen molar-refractivity contribution in [3.05, 3.63) is 133 Å². The highest BCUT2D eigenvalue weighted by atomic mass is 15.0. The maximum absolute atomic E-state index is 4.70. The maximum atomic E-state index is 4.70. The summed E-state index contributed by atoms with van der Waals surface area (Å²) >= 11 is 0. The molecule has 0 fully saturated rings. The number of hydrogen-bond acceptors (Lipinski definition) is 2. The van der Waals surface area contributed by atoms with Crippen molar-refractivity contribution in [1.29, 1.82) is 0 Å². The van der Waals surface area contributed by atoms with E-state index in [2.05, 4.69) is 119 Å². The topological polar surface area (TPSA) is 33.5 Å². The van der Waals surface area contributed by atoms with E-state index in [0.717, 1.165) is 24.1 Å². The van der Waals surface area contributed by atoms with Crippen LogP contribution in [0.4, 0.5) is 0 Å². The zero-order valence-corrected chi connectivity index (χ0v) is 21.8. The zero-order chi connectivity index (χ0) is 26.2. The van der Waals surface area contributed by atoms with Gasteiger partial charge >= 0.3 is 0 Å². The van der Waals surface area contributed by atoms with Gasteiger partial charge in [0, 0.05) is 68.0 Å². The van der Waals surface area contributed by atoms with Crippen LogP contribution in [-0.2, 0) is 13.1 Å². The second-order valence-electron chi connectivity index (χ2n) is 10.8. The second-order valence-corrected chi connectivity index (χ2v) is 10.8. The Morgan fingerprint density at radius 3 is 1.32 bits per heavy atom. The van der Waals surface area contributed by atoms with Crippen molar-refractivity contribution < 1.29 is 9.13 Å². The van der Waals surface area contributed by atoms with Crippen molar-refractivity contribution in [2.24, 2.45) is 0 Å². The van der Waals surface area contributed by atoms with Crippen LogP contribution in [0, 0.1) is 0 Å². The van der Waals surface area contributed by atoms with E-state index in [0.29, 0.717) is 0 Å². The molecule has 186 valence electrons. The van der Waals surface area contributed by atoms with E-state index in [1.165, 1.54) is 65.3 Å². The standard InChI is InChI=1S/C36H24N4/c1-7-27-21-39(31-11-3-5-25-17-37-29(9-1)33(27)35(25)31)19-23-13-15-24(16-14-23)20-40-22-28-8-2-10-30-34(28)36-26(18-38-30)6-4-12-32(36)40/h1-18,21-22H,19-20H2/q+2. The molecule has 0 aliphatic carbocycles. The lowest BCUT2D eigenvalue weighted by Crippen LogP contribution is -2.35. The van der Waals surface area contributed by atoms with E-state index >= 15 is 0 Å². The summed E-state index contributed by atoms with van der Waals surface area (Å²) in [5, 5.41) is 9.92. The SMILES string of the molecule is c1cc2c[n+](Cc3ccc(C[n+]4cc5cccc6ncc7cccc4c7c56)cc3)c3cccc4cnc(c1)c2c43. The smallest absolute Gasteiger partial charge is 0.214 e. The van der Waals surface area contributed by atoms with Gasteiger partial charge in [-0.25, -0.2) is 0 Å². The minimum absolute atomic E-state index is 0.815. The summed E-state index contributed by atoms with van der Waals surface area (Å²) < 4.78 is 4.76. The van der Waals surface area contributed by atoms with Gasteiger partial charge in [-0.05, 0) is 24.3 Å². The average Bonchev–Trinajstić information content (AvgIpc) is 3.00. The summed E-state index contributed by atoms with van der Waals surface area (Å²) in [5.74, 6) is 0. The highest BCUT2D eigenvalue weighted by Gasteiger charge is 2.20. The van der Waals surface area contributed by atoms with E-state index in [4.69, 9.17) is 9.97 Å². The third-order valence-electron chi connectivity index (χ3n) is 8.42. The molecule has 0 amide bonds. The molecule has 0 N–H and O–H groups in total. The van der Waals surface area contributed by atoms with Crippen LogP contribution in [0.15, 0.2) is 122 Å². The Balaban J connectivity index is 1.10. The summed E-state index contributed by atoms with van der Waals surface area (Å²) in [6.07, 6.45) is 8.54. The molecule has 0 unspecified atom stereocenters. The first-order chi connectivity index (χ1) is 19.8. The van der Waals surface area contributed by atoms with Crippen LogP contribution in [0.5, 0.6) is 0 Å². The molecule has 4 heteroatoms. The number of hydrogen-bond donors (Lipinski definition) is 0. The Morgan fingerprint density at radius 2 is 0.850 bits per heavy atom. The van der Waals surface area contributed by atoms with Crippen LogP contribution < -0.4 is 9.13 Å². The maximum Gasteiger partial charge on any atom is 0.214 e. The van der Waals surface area contributed by atoms with Gasteiger partial charge < -0.3 is 0 Å². The van der Waals surface area contributed by atoms with E-state index in [-0.39, 0.29) is 0 Å². The fourth-order valence-corrected chi connectivity index (χ4v) is 6.60.